The number of benzene rings is 2. The first-order chi connectivity index (χ1) is 18.9. The SMILES string of the molecule is COc1cc2c(c(OC)c1OC)-c1ccc(N3CCN(c4ccccc4)CC3)c(=O)cc1[C@@H](NC(C)=O)CC2. The molecule has 39 heavy (non-hydrogen) atoms. The van der Waals surface area contributed by atoms with Crippen molar-refractivity contribution in [2.75, 3.05) is 57.3 Å². The van der Waals surface area contributed by atoms with Gasteiger partial charge in [0, 0.05) is 44.4 Å². The van der Waals surface area contributed by atoms with Gasteiger partial charge in [0.1, 0.15) is 0 Å². The number of fused-ring (bicyclic) bond motifs is 3. The van der Waals surface area contributed by atoms with Crippen molar-refractivity contribution in [3.63, 3.8) is 0 Å². The zero-order chi connectivity index (χ0) is 27.5. The predicted octanol–water partition coefficient (Wildman–Crippen LogP) is 4.19. The Morgan fingerprint density at radius 2 is 1.56 bits per heavy atom. The summed E-state index contributed by atoms with van der Waals surface area (Å²) < 4.78 is 17.2. The maximum absolute atomic E-state index is 13.7. The van der Waals surface area contributed by atoms with Crippen molar-refractivity contribution in [3.05, 3.63) is 75.9 Å². The highest BCUT2D eigenvalue weighted by atomic mass is 16.5. The molecule has 1 fully saturated rings. The van der Waals surface area contributed by atoms with Crippen LogP contribution in [-0.4, -0.2) is 53.4 Å². The average Bonchev–Trinajstić information content (AvgIpc) is 3.21. The Bertz CT molecular complexity index is 1420. The Morgan fingerprint density at radius 1 is 0.872 bits per heavy atom. The third-order valence-electron chi connectivity index (χ3n) is 7.64. The van der Waals surface area contributed by atoms with Gasteiger partial charge in [-0.05, 0) is 59.9 Å². The minimum absolute atomic E-state index is 0.0670. The van der Waals surface area contributed by atoms with E-state index < -0.39 is 0 Å². The lowest BCUT2D eigenvalue weighted by molar-refractivity contribution is -0.119. The van der Waals surface area contributed by atoms with Gasteiger partial charge in [-0.3, -0.25) is 9.59 Å². The molecule has 2 aliphatic rings. The standard InChI is InChI=1S/C31H35N3O5/c1-20(35)32-25-12-10-21-18-28(37-2)30(38-3)31(39-4)29(21)23-11-13-26(27(36)19-24(23)25)34-16-14-33(15-17-34)22-8-6-5-7-9-22/h5-9,11,13,18-19,25H,10,12,14-17H2,1-4H3,(H,32,35)/t25-/m0/s1. The van der Waals surface area contributed by atoms with Crippen LogP contribution in [0.2, 0.25) is 0 Å². The second-order valence-electron chi connectivity index (χ2n) is 9.88. The average molecular weight is 530 g/mol. The first-order valence-corrected chi connectivity index (χ1v) is 13.3. The summed E-state index contributed by atoms with van der Waals surface area (Å²) in [7, 11) is 4.79. The number of anilines is 2. The smallest absolute Gasteiger partial charge is 0.217 e. The van der Waals surface area contributed by atoms with E-state index in [4.69, 9.17) is 14.2 Å². The summed E-state index contributed by atoms with van der Waals surface area (Å²) in [5, 5.41) is 3.07. The maximum atomic E-state index is 13.7. The zero-order valence-electron chi connectivity index (χ0n) is 23.0. The Morgan fingerprint density at radius 3 is 2.21 bits per heavy atom. The molecule has 0 spiro atoms. The lowest BCUT2D eigenvalue weighted by atomic mass is 9.95. The van der Waals surface area contributed by atoms with E-state index in [9.17, 15) is 9.59 Å². The normalized spacial score (nSPS) is 16.5. The molecule has 0 saturated carbocycles. The van der Waals surface area contributed by atoms with Crippen LogP contribution in [0.25, 0.3) is 11.1 Å². The van der Waals surface area contributed by atoms with Gasteiger partial charge in [-0.25, -0.2) is 0 Å². The Labute approximate surface area is 229 Å². The van der Waals surface area contributed by atoms with E-state index >= 15 is 0 Å². The molecule has 1 aliphatic heterocycles. The Balaban J connectivity index is 1.61. The van der Waals surface area contributed by atoms with Crippen molar-refractivity contribution in [3.8, 4) is 28.4 Å². The fourth-order valence-electron chi connectivity index (χ4n) is 5.81. The molecule has 8 nitrogen and oxygen atoms in total. The number of nitrogens with one attached hydrogen (secondary N) is 1. The molecular weight excluding hydrogens is 494 g/mol. The predicted molar refractivity (Wildman–Crippen MR) is 154 cm³/mol. The first kappa shape index (κ1) is 26.4. The molecule has 5 rings (SSSR count). The molecule has 1 amide bonds. The summed E-state index contributed by atoms with van der Waals surface area (Å²) in [4.78, 5) is 30.4. The highest BCUT2D eigenvalue weighted by Gasteiger charge is 2.30. The van der Waals surface area contributed by atoms with Crippen molar-refractivity contribution in [1.82, 2.24) is 5.32 Å². The van der Waals surface area contributed by atoms with Gasteiger partial charge in [-0.15, -0.1) is 0 Å². The van der Waals surface area contributed by atoms with E-state index in [0.29, 0.717) is 35.8 Å². The minimum atomic E-state index is -0.325. The van der Waals surface area contributed by atoms with Gasteiger partial charge in [0.15, 0.2) is 11.5 Å². The number of hydrogen-bond donors (Lipinski definition) is 1. The quantitative estimate of drug-likeness (QED) is 0.513. The molecule has 1 atom stereocenters. The number of aryl methyl sites for hydroxylation is 1. The highest BCUT2D eigenvalue weighted by Crippen LogP contribution is 2.50. The number of piperazine rings is 1. The number of carbonyl (C=O) groups excluding carboxylic acids is 1. The molecule has 8 heteroatoms. The van der Waals surface area contributed by atoms with Gasteiger partial charge >= 0.3 is 0 Å². The molecule has 0 bridgehead atoms. The summed E-state index contributed by atoms with van der Waals surface area (Å²) >= 11 is 0. The molecular formula is C31H35N3O5. The molecule has 0 radical (unpaired) electrons. The van der Waals surface area contributed by atoms with Gasteiger partial charge in [-0.1, -0.05) is 24.3 Å². The van der Waals surface area contributed by atoms with E-state index in [0.717, 1.165) is 48.4 Å². The van der Waals surface area contributed by atoms with Crippen molar-refractivity contribution >= 4 is 17.3 Å². The lowest BCUT2D eigenvalue weighted by Crippen LogP contribution is -2.47. The molecule has 3 aromatic carbocycles. The number of rotatable bonds is 6. The summed E-state index contributed by atoms with van der Waals surface area (Å²) in [6, 6.07) is 17.6. The van der Waals surface area contributed by atoms with Crippen LogP contribution < -0.4 is 34.8 Å². The minimum Gasteiger partial charge on any atom is -0.493 e. The van der Waals surface area contributed by atoms with Crippen molar-refractivity contribution in [2.24, 2.45) is 0 Å². The fraction of sp³-hybridized carbons (Fsp3) is 0.355. The molecule has 1 saturated heterocycles. The Kier molecular flexibility index (Phi) is 7.63. The van der Waals surface area contributed by atoms with Gasteiger partial charge in [0.2, 0.25) is 17.1 Å². The number of amides is 1. The van der Waals surface area contributed by atoms with Gasteiger partial charge in [-0.2, -0.15) is 0 Å². The van der Waals surface area contributed by atoms with E-state index in [1.807, 2.05) is 36.4 Å². The van der Waals surface area contributed by atoms with Crippen LogP contribution in [0.4, 0.5) is 11.4 Å². The van der Waals surface area contributed by atoms with Crippen LogP contribution in [0.3, 0.4) is 0 Å². The molecule has 1 heterocycles. The van der Waals surface area contributed by atoms with Crippen LogP contribution in [-0.2, 0) is 11.2 Å². The number of para-hydroxylation sites is 1. The largest absolute Gasteiger partial charge is 0.493 e. The summed E-state index contributed by atoms with van der Waals surface area (Å²) in [5.74, 6) is 1.48. The fourth-order valence-corrected chi connectivity index (χ4v) is 5.81. The third kappa shape index (κ3) is 5.11. The Hall–Kier alpha value is -4.20. The van der Waals surface area contributed by atoms with E-state index in [-0.39, 0.29) is 17.4 Å². The third-order valence-corrected chi connectivity index (χ3v) is 7.64. The maximum Gasteiger partial charge on any atom is 0.217 e. The van der Waals surface area contributed by atoms with Crippen LogP contribution in [0.5, 0.6) is 17.2 Å². The van der Waals surface area contributed by atoms with Crippen LogP contribution >= 0.6 is 0 Å². The number of nitrogens with zero attached hydrogens (tertiary/aromatic N) is 2. The molecule has 1 aliphatic carbocycles. The van der Waals surface area contributed by atoms with Crippen molar-refractivity contribution in [1.29, 1.82) is 0 Å². The second kappa shape index (κ2) is 11.3. The van der Waals surface area contributed by atoms with Gasteiger partial charge in [0.05, 0.1) is 33.1 Å². The van der Waals surface area contributed by atoms with E-state index in [1.165, 1.54) is 12.6 Å². The van der Waals surface area contributed by atoms with Gasteiger partial charge < -0.3 is 29.3 Å². The molecule has 0 unspecified atom stereocenters. The van der Waals surface area contributed by atoms with Crippen LogP contribution in [0.1, 0.15) is 30.5 Å². The number of methoxy groups -OCH3 is 3. The van der Waals surface area contributed by atoms with E-state index in [2.05, 4.69) is 27.2 Å². The number of hydrogen-bond acceptors (Lipinski definition) is 7. The molecule has 1 N–H and O–H groups in total. The summed E-state index contributed by atoms with van der Waals surface area (Å²) in [6.07, 6.45) is 1.30. The molecule has 204 valence electrons. The number of carbonyl (C=O) groups is 1. The van der Waals surface area contributed by atoms with E-state index in [1.54, 1.807) is 27.4 Å². The monoisotopic (exact) mass is 529 g/mol. The summed E-state index contributed by atoms with van der Waals surface area (Å²) in [5.41, 5.74) is 5.25. The molecule has 0 aromatic heterocycles. The summed E-state index contributed by atoms with van der Waals surface area (Å²) in [6.45, 7) is 4.62. The van der Waals surface area contributed by atoms with Crippen LogP contribution in [0.15, 0.2) is 59.4 Å². The van der Waals surface area contributed by atoms with Crippen molar-refractivity contribution < 1.29 is 19.0 Å². The lowest BCUT2D eigenvalue weighted by Gasteiger charge is -2.36. The second-order valence-corrected chi connectivity index (χ2v) is 9.88. The van der Waals surface area contributed by atoms with Crippen molar-refractivity contribution in [2.45, 2.75) is 25.8 Å². The molecule has 3 aromatic rings. The number of ether oxygens (including phenoxy) is 3. The first-order valence-electron chi connectivity index (χ1n) is 13.3. The van der Waals surface area contributed by atoms with Gasteiger partial charge in [0.25, 0.3) is 0 Å². The highest BCUT2D eigenvalue weighted by molar-refractivity contribution is 5.83. The topological polar surface area (TPSA) is 80.3 Å². The zero-order valence-corrected chi connectivity index (χ0v) is 23.0. The van der Waals surface area contributed by atoms with Crippen LogP contribution in [0, 0.1) is 0 Å².